The molecule has 0 saturated carbocycles. The molecule has 0 amide bonds. The minimum atomic E-state index is 1.17. The predicted molar refractivity (Wildman–Crippen MR) is 181 cm³/mol. The zero-order chi connectivity index (χ0) is 28.4. The van der Waals surface area contributed by atoms with Gasteiger partial charge in [-0.25, -0.2) is 0 Å². The number of benzene rings is 7. The summed E-state index contributed by atoms with van der Waals surface area (Å²) in [5, 5.41) is 7.75. The highest BCUT2D eigenvalue weighted by Crippen LogP contribution is 2.44. The van der Waals surface area contributed by atoms with E-state index in [1.807, 2.05) is 0 Å². The van der Waals surface area contributed by atoms with Gasteiger partial charge in [0.05, 0.1) is 11.0 Å². The number of aromatic nitrogens is 1. The number of hydrogen-bond donors (Lipinski definition) is 0. The summed E-state index contributed by atoms with van der Waals surface area (Å²) in [6.07, 6.45) is 0. The van der Waals surface area contributed by atoms with Crippen molar-refractivity contribution in [1.29, 1.82) is 0 Å². The number of aryl methyl sites for hydroxylation is 3. The molecule has 0 radical (unpaired) electrons. The predicted octanol–water partition coefficient (Wildman–Crippen LogP) is 11.3. The summed E-state index contributed by atoms with van der Waals surface area (Å²) < 4.78 is 2.39. The molecule has 1 nitrogen and oxygen atoms in total. The van der Waals surface area contributed by atoms with E-state index in [0.717, 1.165) is 0 Å². The lowest BCUT2D eigenvalue weighted by molar-refractivity contribution is 1.18. The van der Waals surface area contributed by atoms with Crippen LogP contribution >= 0.6 is 0 Å². The first-order valence-corrected chi connectivity index (χ1v) is 14.7. The lowest BCUT2D eigenvalue weighted by atomic mass is 9.85. The Hall–Kier alpha value is -5.14. The van der Waals surface area contributed by atoms with Crippen molar-refractivity contribution >= 4 is 43.4 Å². The average Bonchev–Trinajstić information content (AvgIpc) is 3.35. The highest BCUT2D eigenvalue weighted by atomic mass is 15.0. The quantitative estimate of drug-likeness (QED) is 0.198. The van der Waals surface area contributed by atoms with Gasteiger partial charge in [0, 0.05) is 16.5 Å². The fraction of sp³-hybridized carbons (Fsp3) is 0.0732. The smallest absolute Gasteiger partial charge is 0.0541 e. The molecule has 0 spiro atoms. The van der Waals surface area contributed by atoms with Crippen LogP contribution in [-0.2, 0) is 0 Å². The first-order chi connectivity index (χ1) is 20.6. The van der Waals surface area contributed by atoms with Crippen LogP contribution in [0.15, 0.2) is 133 Å². The van der Waals surface area contributed by atoms with Crippen LogP contribution in [0.1, 0.15) is 16.7 Å². The van der Waals surface area contributed by atoms with Crippen molar-refractivity contribution in [2.24, 2.45) is 0 Å². The van der Waals surface area contributed by atoms with E-state index < -0.39 is 0 Å². The van der Waals surface area contributed by atoms with E-state index in [2.05, 4.69) is 159 Å². The molecular formula is C41H31N. The average molecular weight is 538 g/mol. The molecule has 0 aliphatic carbocycles. The first-order valence-electron chi connectivity index (χ1n) is 14.7. The molecule has 8 rings (SSSR count). The van der Waals surface area contributed by atoms with Crippen molar-refractivity contribution in [3.63, 3.8) is 0 Å². The summed E-state index contributed by atoms with van der Waals surface area (Å²) in [6.45, 7) is 6.54. The minimum absolute atomic E-state index is 1.17. The van der Waals surface area contributed by atoms with E-state index in [1.54, 1.807) is 0 Å². The molecule has 0 aliphatic heterocycles. The van der Waals surface area contributed by atoms with Crippen molar-refractivity contribution in [2.45, 2.75) is 20.8 Å². The molecule has 0 fully saturated rings. The fourth-order valence-corrected chi connectivity index (χ4v) is 6.78. The highest BCUT2D eigenvalue weighted by Gasteiger charge is 2.18. The van der Waals surface area contributed by atoms with Gasteiger partial charge in [-0.2, -0.15) is 0 Å². The third kappa shape index (κ3) is 3.78. The van der Waals surface area contributed by atoms with Gasteiger partial charge in [0.1, 0.15) is 0 Å². The molecule has 1 heterocycles. The molecule has 42 heavy (non-hydrogen) atoms. The van der Waals surface area contributed by atoms with Crippen LogP contribution in [0.2, 0.25) is 0 Å². The van der Waals surface area contributed by atoms with Crippen LogP contribution in [0.3, 0.4) is 0 Å². The number of hydrogen-bond acceptors (Lipinski definition) is 0. The summed E-state index contributed by atoms with van der Waals surface area (Å²) in [7, 11) is 0. The lowest BCUT2D eigenvalue weighted by Crippen LogP contribution is -1.95. The minimum Gasteiger partial charge on any atom is -0.309 e. The number of fused-ring (bicyclic) bond motifs is 5. The van der Waals surface area contributed by atoms with Crippen LogP contribution < -0.4 is 0 Å². The Labute approximate surface area is 246 Å². The van der Waals surface area contributed by atoms with Crippen LogP contribution in [0.5, 0.6) is 0 Å². The van der Waals surface area contributed by atoms with Crippen molar-refractivity contribution in [2.75, 3.05) is 0 Å². The molecule has 0 saturated heterocycles. The molecule has 0 bridgehead atoms. The summed E-state index contributed by atoms with van der Waals surface area (Å²) in [5.41, 5.74) is 12.6. The van der Waals surface area contributed by atoms with Gasteiger partial charge in [-0.15, -0.1) is 0 Å². The topological polar surface area (TPSA) is 4.93 Å². The Morgan fingerprint density at radius 1 is 0.357 bits per heavy atom. The van der Waals surface area contributed by atoms with Crippen LogP contribution in [0.4, 0.5) is 0 Å². The Bertz CT molecular complexity index is 2250. The van der Waals surface area contributed by atoms with E-state index in [4.69, 9.17) is 0 Å². The molecule has 1 heteroatoms. The largest absolute Gasteiger partial charge is 0.309 e. The summed E-state index contributed by atoms with van der Waals surface area (Å²) in [6, 6.07) is 49.4. The van der Waals surface area contributed by atoms with E-state index in [9.17, 15) is 0 Å². The van der Waals surface area contributed by atoms with Gasteiger partial charge in [-0.05, 0) is 88.8 Å². The molecule has 7 aromatic carbocycles. The van der Waals surface area contributed by atoms with E-state index in [-0.39, 0.29) is 0 Å². The van der Waals surface area contributed by atoms with Gasteiger partial charge in [-0.1, -0.05) is 126 Å². The number of para-hydroxylation sites is 2. The molecular weight excluding hydrogens is 506 g/mol. The van der Waals surface area contributed by atoms with E-state index in [0.29, 0.717) is 0 Å². The summed E-state index contributed by atoms with van der Waals surface area (Å²) >= 11 is 0. The van der Waals surface area contributed by atoms with E-state index >= 15 is 0 Å². The normalized spacial score (nSPS) is 11.7. The third-order valence-electron chi connectivity index (χ3n) is 8.76. The standard InChI is InChI=1S/C41H31N/c1-26-12-16-29(17-13-26)40-34-22-14-28(3)25-37(34)41(35-23-15-27(2)24-36(35)40)30-18-20-31(21-19-30)42-38-10-6-4-8-32(38)33-9-5-7-11-39(33)42/h4-25H,1-3H3. The second-order valence-electron chi connectivity index (χ2n) is 11.6. The van der Waals surface area contributed by atoms with Crippen molar-refractivity contribution in [3.8, 4) is 27.9 Å². The Balaban J connectivity index is 1.40. The molecule has 0 aliphatic rings. The summed E-state index contributed by atoms with van der Waals surface area (Å²) in [5.74, 6) is 0. The molecule has 0 N–H and O–H groups in total. The fourth-order valence-electron chi connectivity index (χ4n) is 6.78. The molecule has 8 aromatic rings. The van der Waals surface area contributed by atoms with E-state index in [1.165, 1.54) is 88.0 Å². The van der Waals surface area contributed by atoms with Crippen molar-refractivity contribution < 1.29 is 0 Å². The van der Waals surface area contributed by atoms with Crippen LogP contribution in [-0.4, -0.2) is 4.57 Å². The highest BCUT2D eigenvalue weighted by molar-refractivity contribution is 6.21. The van der Waals surface area contributed by atoms with Crippen molar-refractivity contribution in [3.05, 3.63) is 150 Å². The van der Waals surface area contributed by atoms with Gasteiger partial charge in [0.2, 0.25) is 0 Å². The summed E-state index contributed by atoms with van der Waals surface area (Å²) in [4.78, 5) is 0. The van der Waals surface area contributed by atoms with Crippen molar-refractivity contribution in [1.82, 2.24) is 4.57 Å². The zero-order valence-electron chi connectivity index (χ0n) is 24.1. The monoisotopic (exact) mass is 537 g/mol. The number of nitrogens with zero attached hydrogens (tertiary/aromatic N) is 1. The Kier molecular flexibility index (Phi) is 5.55. The Morgan fingerprint density at radius 2 is 0.786 bits per heavy atom. The molecule has 0 atom stereocenters. The van der Waals surface area contributed by atoms with Gasteiger partial charge in [0.25, 0.3) is 0 Å². The van der Waals surface area contributed by atoms with Gasteiger partial charge >= 0.3 is 0 Å². The SMILES string of the molecule is Cc1ccc(-c2c3ccc(C)cc3c(-c3ccc(-n4c5ccccc5c5ccccc54)cc3)c3ccc(C)cc23)cc1. The third-order valence-corrected chi connectivity index (χ3v) is 8.76. The lowest BCUT2D eigenvalue weighted by Gasteiger charge is -2.19. The van der Waals surface area contributed by atoms with Crippen LogP contribution in [0.25, 0.3) is 71.3 Å². The van der Waals surface area contributed by atoms with Crippen LogP contribution in [0, 0.1) is 20.8 Å². The Morgan fingerprint density at radius 3 is 1.29 bits per heavy atom. The maximum atomic E-state index is 2.39. The molecule has 1 aromatic heterocycles. The first kappa shape index (κ1) is 24.6. The maximum Gasteiger partial charge on any atom is 0.0541 e. The second-order valence-corrected chi connectivity index (χ2v) is 11.6. The zero-order valence-corrected chi connectivity index (χ0v) is 24.1. The second kappa shape index (κ2) is 9.46. The maximum absolute atomic E-state index is 2.39. The molecule has 200 valence electrons. The number of rotatable bonds is 3. The molecule has 0 unspecified atom stereocenters. The van der Waals surface area contributed by atoms with Gasteiger partial charge in [0.15, 0.2) is 0 Å². The van der Waals surface area contributed by atoms with Gasteiger partial charge in [-0.3, -0.25) is 0 Å². The van der Waals surface area contributed by atoms with Gasteiger partial charge < -0.3 is 4.57 Å².